The molecule has 0 nitrogen and oxygen atoms in total. The molecule has 64 valence electrons. The molecular formula is C10H18S. The van der Waals surface area contributed by atoms with Gasteiger partial charge in [-0.3, -0.25) is 0 Å². The summed E-state index contributed by atoms with van der Waals surface area (Å²) in [5, 5.41) is 0. The van der Waals surface area contributed by atoms with E-state index in [0.29, 0.717) is 0 Å². The Balaban J connectivity index is 1.78. The zero-order chi connectivity index (χ0) is 7.84. The Hall–Kier alpha value is 0.350. The molecule has 0 radical (unpaired) electrons. The summed E-state index contributed by atoms with van der Waals surface area (Å²) >= 11 is 4.29. The maximum Gasteiger partial charge on any atom is -0.00953 e. The van der Waals surface area contributed by atoms with Crippen LogP contribution in [0.3, 0.4) is 0 Å². The largest absolute Gasteiger partial charge is 0.179 e. The van der Waals surface area contributed by atoms with E-state index in [-0.39, 0.29) is 0 Å². The predicted octanol–water partition coefficient (Wildman–Crippen LogP) is 2.99. The smallest absolute Gasteiger partial charge is 0.00953 e. The third-order valence-electron chi connectivity index (χ3n) is 3.92. The van der Waals surface area contributed by atoms with Crippen LogP contribution in [0, 0.1) is 23.7 Å². The van der Waals surface area contributed by atoms with Crippen LogP contribution in [-0.2, 0) is 0 Å². The van der Waals surface area contributed by atoms with Gasteiger partial charge in [-0.25, -0.2) is 0 Å². The Morgan fingerprint density at radius 2 is 2.27 bits per heavy atom. The average Bonchev–Trinajstić information content (AvgIpc) is 1.95. The van der Waals surface area contributed by atoms with Crippen molar-refractivity contribution in [3.8, 4) is 0 Å². The molecule has 0 aromatic rings. The van der Waals surface area contributed by atoms with Gasteiger partial charge in [0.25, 0.3) is 0 Å². The maximum atomic E-state index is 4.29. The second kappa shape index (κ2) is 3.01. The van der Waals surface area contributed by atoms with E-state index in [0.717, 1.165) is 29.4 Å². The summed E-state index contributed by atoms with van der Waals surface area (Å²) in [5.41, 5.74) is 0. The van der Waals surface area contributed by atoms with Gasteiger partial charge in [-0.1, -0.05) is 6.92 Å². The highest BCUT2D eigenvalue weighted by molar-refractivity contribution is 7.80. The topological polar surface area (TPSA) is 0 Å². The number of thiol groups is 1. The fourth-order valence-corrected chi connectivity index (χ4v) is 3.26. The summed E-state index contributed by atoms with van der Waals surface area (Å²) in [6.45, 7) is 2.41. The molecule has 0 N–H and O–H groups in total. The van der Waals surface area contributed by atoms with Gasteiger partial charge in [0, 0.05) is 0 Å². The summed E-state index contributed by atoms with van der Waals surface area (Å²) < 4.78 is 0. The van der Waals surface area contributed by atoms with Gasteiger partial charge in [-0.2, -0.15) is 12.6 Å². The molecule has 11 heavy (non-hydrogen) atoms. The van der Waals surface area contributed by atoms with E-state index in [1.54, 1.807) is 6.42 Å². The molecule has 0 saturated heterocycles. The van der Waals surface area contributed by atoms with Crippen LogP contribution in [-0.4, -0.2) is 5.75 Å². The van der Waals surface area contributed by atoms with Crippen molar-refractivity contribution in [1.82, 2.24) is 0 Å². The van der Waals surface area contributed by atoms with E-state index in [1.165, 1.54) is 19.3 Å². The van der Waals surface area contributed by atoms with Crippen LogP contribution in [0.2, 0.25) is 0 Å². The molecule has 0 amide bonds. The minimum Gasteiger partial charge on any atom is -0.179 e. The van der Waals surface area contributed by atoms with Crippen LogP contribution in [0.5, 0.6) is 0 Å². The first-order valence-corrected chi connectivity index (χ1v) is 5.57. The van der Waals surface area contributed by atoms with Gasteiger partial charge in [0.05, 0.1) is 0 Å². The monoisotopic (exact) mass is 170 g/mol. The molecule has 4 unspecified atom stereocenters. The molecule has 2 aliphatic carbocycles. The van der Waals surface area contributed by atoms with Gasteiger partial charge in [0.15, 0.2) is 0 Å². The Morgan fingerprint density at radius 1 is 1.45 bits per heavy atom. The van der Waals surface area contributed by atoms with Crippen LogP contribution in [0.4, 0.5) is 0 Å². The first-order chi connectivity index (χ1) is 5.33. The average molecular weight is 170 g/mol. The molecule has 0 heterocycles. The number of hydrogen-bond donors (Lipinski definition) is 1. The molecule has 2 fully saturated rings. The van der Waals surface area contributed by atoms with E-state index in [4.69, 9.17) is 0 Å². The van der Waals surface area contributed by atoms with E-state index in [1.807, 2.05) is 0 Å². The first-order valence-electron chi connectivity index (χ1n) is 4.93. The van der Waals surface area contributed by atoms with Gasteiger partial charge in [-0.15, -0.1) is 0 Å². The minimum atomic E-state index is 0.953. The Bertz CT molecular complexity index is 144. The minimum absolute atomic E-state index is 0.953. The molecular weight excluding hydrogens is 152 g/mol. The van der Waals surface area contributed by atoms with E-state index >= 15 is 0 Å². The van der Waals surface area contributed by atoms with Crippen LogP contribution in [0.1, 0.15) is 32.6 Å². The molecule has 0 aromatic heterocycles. The normalized spacial score (nSPS) is 43.6. The number of fused-ring (bicyclic) bond motifs is 1. The van der Waals surface area contributed by atoms with Gasteiger partial charge >= 0.3 is 0 Å². The predicted molar refractivity (Wildman–Crippen MR) is 52.0 cm³/mol. The highest BCUT2D eigenvalue weighted by Gasteiger charge is 2.48. The van der Waals surface area contributed by atoms with Crippen molar-refractivity contribution in [1.29, 1.82) is 0 Å². The molecule has 2 aliphatic rings. The molecule has 0 aliphatic heterocycles. The van der Waals surface area contributed by atoms with Gasteiger partial charge in [0.2, 0.25) is 0 Å². The number of rotatable bonds is 3. The van der Waals surface area contributed by atoms with Crippen molar-refractivity contribution in [3.05, 3.63) is 0 Å². The third-order valence-corrected chi connectivity index (χ3v) is 4.17. The quantitative estimate of drug-likeness (QED) is 0.618. The third kappa shape index (κ3) is 1.22. The molecule has 2 rings (SSSR count). The van der Waals surface area contributed by atoms with Crippen molar-refractivity contribution in [2.45, 2.75) is 32.6 Å². The Morgan fingerprint density at radius 3 is 2.64 bits per heavy atom. The van der Waals surface area contributed by atoms with Crippen molar-refractivity contribution < 1.29 is 0 Å². The fraction of sp³-hybridized carbons (Fsp3) is 1.00. The van der Waals surface area contributed by atoms with Crippen molar-refractivity contribution in [2.24, 2.45) is 23.7 Å². The van der Waals surface area contributed by atoms with Crippen LogP contribution in [0.15, 0.2) is 0 Å². The molecule has 1 heteroatoms. The Labute approximate surface area is 75.2 Å². The van der Waals surface area contributed by atoms with Gasteiger partial charge in [0.1, 0.15) is 0 Å². The lowest BCUT2D eigenvalue weighted by Gasteiger charge is -2.55. The summed E-state index contributed by atoms with van der Waals surface area (Å²) in [4.78, 5) is 0. The first kappa shape index (κ1) is 7.97. The second-order valence-electron chi connectivity index (χ2n) is 4.39. The summed E-state index contributed by atoms with van der Waals surface area (Å²) in [6.07, 6.45) is 5.94. The van der Waals surface area contributed by atoms with Crippen LogP contribution < -0.4 is 0 Å². The zero-order valence-electron chi connectivity index (χ0n) is 7.29. The van der Waals surface area contributed by atoms with E-state index in [9.17, 15) is 0 Å². The Kier molecular flexibility index (Phi) is 2.18. The summed E-state index contributed by atoms with van der Waals surface area (Å²) in [6, 6.07) is 0. The zero-order valence-corrected chi connectivity index (χ0v) is 8.19. The molecule has 0 bridgehead atoms. The van der Waals surface area contributed by atoms with Gasteiger partial charge in [-0.05, 0) is 55.1 Å². The molecule has 0 aromatic carbocycles. The lowest BCUT2D eigenvalue weighted by atomic mass is 9.50. The standard InChI is InChI=1S/C10H18S/c1-7(4-5-11)10-6-8-2-3-9(8)10/h7-11H,2-6H2,1H3. The maximum absolute atomic E-state index is 4.29. The molecule has 0 spiro atoms. The summed E-state index contributed by atoms with van der Waals surface area (Å²) in [7, 11) is 0. The SMILES string of the molecule is CC(CCS)C1CC2CCC21. The van der Waals surface area contributed by atoms with Crippen molar-refractivity contribution in [3.63, 3.8) is 0 Å². The molecule has 4 atom stereocenters. The van der Waals surface area contributed by atoms with Crippen LogP contribution >= 0.6 is 12.6 Å². The van der Waals surface area contributed by atoms with Gasteiger partial charge < -0.3 is 0 Å². The van der Waals surface area contributed by atoms with Crippen molar-refractivity contribution >= 4 is 12.6 Å². The highest BCUT2D eigenvalue weighted by atomic mass is 32.1. The van der Waals surface area contributed by atoms with Crippen molar-refractivity contribution in [2.75, 3.05) is 5.75 Å². The highest BCUT2D eigenvalue weighted by Crippen LogP contribution is 2.57. The number of hydrogen-bond acceptors (Lipinski definition) is 1. The lowest BCUT2D eigenvalue weighted by Crippen LogP contribution is -2.47. The second-order valence-corrected chi connectivity index (χ2v) is 4.84. The summed E-state index contributed by atoms with van der Waals surface area (Å²) in [5.74, 6) is 5.41. The molecule has 2 saturated carbocycles. The van der Waals surface area contributed by atoms with E-state index < -0.39 is 0 Å². The van der Waals surface area contributed by atoms with Crippen LogP contribution in [0.25, 0.3) is 0 Å². The lowest BCUT2D eigenvalue weighted by molar-refractivity contribution is -0.0546. The van der Waals surface area contributed by atoms with E-state index in [2.05, 4.69) is 19.6 Å². The fourth-order valence-electron chi connectivity index (χ4n) is 2.85.